The van der Waals surface area contributed by atoms with Crippen molar-refractivity contribution in [3.05, 3.63) is 57.0 Å². The summed E-state index contributed by atoms with van der Waals surface area (Å²) >= 11 is 7.43. The van der Waals surface area contributed by atoms with Crippen LogP contribution in [-0.2, 0) is 23.1 Å². The van der Waals surface area contributed by atoms with Crippen LogP contribution in [0.5, 0.6) is 11.8 Å². The van der Waals surface area contributed by atoms with Crippen LogP contribution >= 0.6 is 22.9 Å². The second-order valence-electron chi connectivity index (χ2n) is 10.3. The van der Waals surface area contributed by atoms with Gasteiger partial charge in [0.2, 0.25) is 0 Å². The monoisotopic (exact) mass is 604 g/mol. The van der Waals surface area contributed by atoms with Gasteiger partial charge in [0, 0.05) is 71.1 Å². The maximum absolute atomic E-state index is 13.8. The van der Waals surface area contributed by atoms with Gasteiger partial charge in [0.1, 0.15) is 5.03 Å². The quantitative estimate of drug-likeness (QED) is 0.274. The van der Waals surface area contributed by atoms with Gasteiger partial charge in [-0.05, 0) is 31.2 Å². The SMILES string of the molecule is CC1NCc2sc(C(=O)N3CCN(S(=O)(=O)c4cc5cc(Cl)ccc5[nH]4)CC3Cn3c(O)ccc3O)nc2C1C. The number of piperazine rings is 1. The van der Waals surface area contributed by atoms with Crippen LogP contribution in [0.4, 0.5) is 0 Å². The van der Waals surface area contributed by atoms with E-state index in [-0.39, 0.29) is 60.8 Å². The molecule has 0 bridgehead atoms. The van der Waals surface area contributed by atoms with Crippen LogP contribution in [0, 0.1) is 0 Å². The predicted molar refractivity (Wildman–Crippen MR) is 151 cm³/mol. The second-order valence-corrected chi connectivity index (χ2v) is 13.8. The number of carbonyl (C=O) groups is 1. The number of fused-ring (bicyclic) bond motifs is 2. The zero-order chi connectivity index (χ0) is 28.3. The molecule has 0 radical (unpaired) electrons. The largest absolute Gasteiger partial charge is 0.494 e. The molecule has 3 aromatic heterocycles. The Morgan fingerprint density at radius 2 is 1.90 bits per heavy atom. The number of amides is 1. The number of sulfonamides is 1. The third kappa shape index (κ3) is 4.65. The number of aromatic nitrogens is 3. The van der Waals surface area contributed by atoms with Crippen LogP contribution in [0.15, 0.2) is 41.4 Å². The van der Waals surface area contributed by atoms with Gasteiger partial charge < -0.3 is 25.4 Å². The molecule has 1 fully saturated rings. The number of rotatable bonds is 5. The van der Waals surface area contributed by atoms with Gasteiger partial charge in [-0.3, -0.25) is 9.36 Å². The van der Waals surface area contributed by atoms with E-state index in [9.17, 15) is 23.4 Å². The molecule has 0 aliphatic carbocycles. The summed E-state index contributed by atoms with van der Waals surface area (Å²) in [5.41, 5.74) is 1.55. The van der Waals surface area contributed by atoms with Gasteiger partial charge in [-0.1, -0.05) is 18.5 Å². The molecule has 3 atom stereocenters. The molecule has 5 heterocycles. The number of nitrogens with zero attached hydrogens (tertiary/aromatic N) is 4. The molecule has 6 rings (SSSR count). The molecular weight excluding hydrogens is 576 g/mol. The van der Waals surface area contributed by atoms with Crippen molar-refractivity contribution < 1.29 is 23.4 Å². The maximum Gasteiger partial charge on any atom is 0.283 e. The summed E-state index contributed by atoms with van der Waals surface area (Å²) in [6.45, 7) is 4.94. The summed E-state index contributed by atoms with van der Waals surface area (Å²) < 4.78 is 30.0. The van der Waals surface area contributed by atoms with Crippen LogP contribution in [0.1, 0.15) is 40.1 Å². The van der Waals surface area contributed by atoms with E-state index in [2.05, 4.69) is 24.1 Å². The van der Waals surface area contributed by atoms with Gasteiger partial charge in [-0.2, -0.15) is 4.31 Å². The van der Waals surface area contributed by atoms with Gasteiger partial charge in [-0.25, -0.2) is 13.4 Å². The van der Waals surface area contributed by atoms with Crippen molar-refractivity contribution in [1.82, 2.24) is 29.1 Å². The molecule has 212 valence electrons. The first-order valence-electron chi connectivity index (χ1n) is 12.9. The highest BCUT2D eigenvalue weighted by atomic mass is 35.5. The Labute approximate surface area is 240 Å². The smallest absolute Gasteiger partial charge is 0.283 e. The van der Waals surface area contributed by atoms with Crippen molar-refractivity contribution in [2.75, 3.05) is 19.6 Å². The van der Waals surface area contributed by atoms with E-state index in [1.165, 1.54) is 32.3 Å². The molecule has 1 aromatic carbocycles. The molecule has 3 unspecified atom stereocenters. The number of aromatic amines is 1. The molecule has 11 nitrogen and oxygen atoms in total. The Bertz CT molecular complexity index is 1690. The number of thiazole rings is 1. The van der Waals surface area contributed by atoms with Gasteiger partial charge in [0.25, 0.3) is 15.9 Å². The number of nitrogens with one attached hydrogen (secondary N) is 2. The number of benzene rings is 1. The van der Waals surface area contributed by atoms with Crippen LogP contribution in [0.2, 0.25) is 5.02 Å². The minimum absolute atomic E-state index is 0.00911. The van der Waals surface area contributed by atoms with E-state index in [4.69, 9.17) is 16.6 Å². The zero-order valence-electron chi connectivity index (χ0n) is 21.8. The molecule has 40 heavy (non-hydrogen) atoms. The van der Waals surface area contributed by atoms with Gasteiger partial charge in [-0.15, -0.1) is 11.3 Å². The molecule has 4 aromatic rings. The molecule has 0 spiro atoms. The third-order valence-electron chi connectivity index (χ3n) is 7.89. The molecule has 2 aliphatic heterocycles. The normalized spacial score (nSPS) is 22.1. The number of halogens is 1. The van der Waals surface area contributed by atoms with Crippen LogP contribution < -0.4 is 5.32 Å². The van der Waals surface area contributed by atoms with Crippen LogP contribution in [0.25, 0.3) is 10.9 Å². The molecule has 4 N–H and O–H groups in total. The summed E-state index contributed by atoms with van der Waals surface area (Å²) in [5.74, 6) is -0.515. The fourth-order valence-electron chi connectivity index (χ4n) is 5.40. The molecule has 14 heteroatoms. The van der Waals surface area contributed by atoms with Gasteiger partial charge in [0.05, 0.1) is 18.3 Å². The van der Waals surface area contributed by atoms with Crippen molar-refractivity contribution in [3.63, 3.8) is 0 Å². The Hall–Kier alpha value is -3.10. The van der Waals surface area contributed by atoms with Crippen molar-refractivity contribution in [1.29, 1.82) is 0 Å². The Balaban J connectivity index is 1.31. The van der Waals surface area contributed by atoms with E-state index in [0.29, 0.717) is 27.5 Å². The number of hydrogen-bond acceptors (Lipinski definition) is 8. The fourth-order valence-corrected chi connectivity index (χ4v) is 8.13. The molecule has 1 amide bonds. The van der Waals surface area contributed by atoms with E-state index < -0.39 is 16.1 Å². The average molecular weight is 605 g/mol. The van der Waals surface area contributed by atoms with Crippen molar-refractivity contribution >= 4 is 49.8 Å². The van der Waals surface area contributed by atoms with Crippen molar-refractivity contribution in [2.45, 2.75) is 50.0 Å². The number of aromatic hydroxyl groups is 2. The zero-order valence-corrected chi connectivity index (χ0v) is 24.2. The first-order valence-corrected chi connectivity index (χ1v) is 15.6. The van der Waals surface area contributed by atoms with E-state index in [0.717, 1.165) is 10.6 Å². The molecule has 0 saturated carbocycles. The second kappa shape index (κ2) is 10.1. The van der Waals surface area contributed by atoms with Crippen LogP contribution in [0.3, 0.4) is 0 Å². The number of carbonyl (C=O) groups excluding carboxylic acids is 1. The third-order valence-corrected chi connectivity index (χ3v) is 11.0. The molecular formula is C26H29ClN6O5S2. The van der Waals surface area contributed by atoms with Gasteiger partial charge in [0.15, 0.2) is 16.8 Å². The first kappa shape index (κ1) is 27.1. The topological polar surface area (TPSA) is 144 Å². The predicted octanol–water partition coefficient (Wildman–Crippen LogP) is 3.30. The summed E-state index contributed by atoms with van der Waals surface area (Å²) in [6, 6.07) is 8.88. The maximum atomic E-state index is 13.8. The lowest BCUT2D eigenvalue weighted by atomic mass is 9.95. The van der Waals surface area contributed by atoms with Crippen molar-refractivity contribution in [2.24, 2.45) is 0 Å². The minimum Gasteiger partial charge on any atom is -0.494 e. The average Bonchev–Trinajstić information content (AvgIpc) is 3.64. The van der Waals surface area contributed by atoms with E-state index in [1.54, 1.807) is 29.2 Å². The summed E-state index contributed by atoms with van der Waals surface area (Å²) in [7, 11) is -3.96. The fraction of sp³-hybridized carbons (Fsp3) is 0.385. The van der Waals surface area contributed by atoms with Gasteiger partial charge >= 0.3 is 0 Å². The Morgan fingerprint density at radius 3 is 2.65 bits per heavy atom. The van der Waals surface area contributed by atoms with E-state index in [1.807, 2.05) is 0 Å². The van der Waals surface area contributed by atoms with E-state index >= 15 is 0 Å². The van der Waals surface area contributed by atoms with Crippen LogP contribution in [-0.4, -0.2) is 80.0 Å². The lowest BCUT2D eigenvalue weighted by Crippen LogP contribution is -2.57. The highest BCUT2D eigenvalue weighted by Gasteiger charge is 2.39. The lowest BCUT2D eigenvalue weighted by molar-refractivity contribution is 0.0527. The standard InChI is InChI=1S/C26H29ClN6O5S2/c1-14-15(2)28-11-20-24(14)30-25(39-20)26(36)32-8-7-31(12-18(32)13-33-22(34)5-6-23(33)35)40(37,38)21-10-16-9-17(27)3-4-19(16)29-21/h3-6,9-10,14-15,18,28-29,34-35H,7-8,11-13H2,1-2H3. The molecule has 1 saturated heterocycles. The number of hydrogen-bond donors (Lipinski definition) is 4. The Kier molecular flexibility index (Phi) is 6.82. The summed E-state index contributed by atoms with van der Waals surface area (Å²) in [4.78, 5) is 24.1. The highest BCUT2D eigenvalue weighted by molar-refractivity contribution is 7.89. The first-order chi connectivity index (χ1) is 19.0. The lowest BCUT2D eigenvalue weighted by Gasteiger charge is -2.40. The van der Waals surface area contributed by atoms with Crippen molar-refractivity contribution in [3.8, 4) is 11.8 Å². The Morgan fingerprint density at radius 1 is 1.15 bits per heavy atom. The highest BCUT2D eigenvalue weighted by Crippen LogP contribution is 2.33. The minimum atomic E-state index is -3.96. The molecule has 2 aliphatic rings. The number of H-pyrrole nitrogens is 1. The summed E-state index contributed by atoms with van der Waals surface area (Å²) in [5, 5.41) is 25.6. The summed E-state index contributed by atoms with van der Waals surface area (Å²) in [6.07, 6.45) is 0.